The lowest BCUT2D eigenvalue weighted by Crippen LogP contribution is -1.85. The molecule has 0 spiro atoms. The third kappa shape index (κ3) is 2.09. The van der Waals surface area contributed by atoms with E-state index in [0.29, 0.717) is 0 Å². The lowest BCUT2D eigenvalue weighted by atomic mass is 10.3. The lowest BCUT2D eigenvalue weighted by molar-refractivity contribution is 0.471. The molecule has 0 bridgehead atoms. The molecule has 0 radical (unpaired) electrons. The van der Waals surface area contributed by atoms with Crippen LogP contribution in [0.5, 0.6) is 11.5 Å². The van der Waals surface area contributed by atoms with Gasteiger partial charge >= 0.3 is 0 Å². The second-order valence-electron chi connectivity index (χ2n) is 2.91. The Morgan fingerprint density at radius 2 is 1.43 bits per heavy atom. The average molecular weight is 203 g/mol. The van der Waals surface area contributed by atoms with Gasteiger partial charge in [0.05, 0.1) is 0 Å². The van der Waals surface area contributed by atoms with Crippen molar-refractivity contribution in [3.05, 3.63) is 54.6 Å². The van der Waals surface area contributed by atoms with E-state index in [1.54, 1.807) is 0 Å². The Labute approximate surface area is 88.8 Å². The fourth-order valence-corrected chi connectivity index (χ4v) is 1.40. The number of hydrogen-bond acceptors (Lipinski definition) is 1. The predicted molar refractivity (Wildman–Crippen MR) is 61.4 cm³/mol. The van der Waals surface area contributed by atoms with E-state index in [2.05, 4.69) is 12.6 Å². The van der Waals surface area contributed by atoms with Crippen LogP contribution in [0.3, 0.4) is 0 Å². The standard InChI is InChI=1S/C12H10OS/c14-12-9-5-4-8-11(12)13-10-6-2-1-3-7-10/h1-9,14H/p+1. The second-order valence-corrected chi connectivity index (χ2v) is 3.45. The Kier molecular flexibility index (Phi) is 2.75. The van der Waals surface area contributed by atoms with Crippen LogP contribution in [0, 0.1) is 0 Å². The van der Waals surface area contributed by atoms with E-state index >= 15 is 0 Å². The first-order chi connectivity index (χ1) is 6.86. The van der Waals surface area contributed by atoms with Crippen LogP contribution in [0.4, 0.5) is 0 Å². The Morgan fingerprint density at radius 3 is 2.14 bits per heavy atom. The normalized spacial score (nSPS) is 9.79. The average Bonchev–Trinajstić information content (AvgIpc) is 2.23. The fraction of sp³-hybridized carbons (Fsp3) is 0. The van der Waals surface area contributed by atoms with Crippen LogP contribution in [0.1, 0.15) is 0 Å². The second kappa shape index (κ2) is 4.20. The molecule has 0 fully saturated rings. The molecule has 1 nitrogen and oxygen atoms in total. The van der Waals surface area contributed by atoms with Crippen LogP contribution in [0.25, 0.3) is 0 Å². The smallest absolute Gasteiger partial charge is 0.192 e. The van der Waals surface area contributed by atoms with E-state index in [1.807, 2.05) is 54.6 Å². The topological polar surface area (TPSA) is 9.23 Å². The first kappa shape index (κ1) is 9.16. The van der Waals surface area contributed by atoms with Gasteiger partial charge in [-0.3, -0.25) is 0 Å². The van der Waals surface area contributed by atoms with Gasteiger partial charge < -0.3 is 4.74 Å². The maximum Gasteiger partial charge on any atom is 0.192 e. The Bertz CT molecular complexity index is 412. The van der Waals surface area contributed by atoms with Crippen molar-refractivity contribution in [1.29, 1.82) is 0 Å². The molecule has 2 heteroatoms. The molecule has 0 N–H and O–H groups in total. The zero-order valence-electron chi connectivity index (χ0n) is 7.60. The molecule has 0 aliphatic heterocycles. The van der Waals surface area contributed by atoms with Crippen molar-refractivity contribution in [1.82, 2.24) is 0 Å². The summed E-state index contributed by atoms with van der Waals surface area (Å²) in [5, 5.41) is 0. The summed E-state index contributed by atoms with van der Waals surface area (Å²) in [5.41, 5.74) is 0. The molecule has 0 unspecified atom stereocenters. The molecule has 0 aromatic heterocycles. The molecule has 2 aromatic rings. The predicted octanol–water partition coefficient (Wildman–Crippen LogP) is 2.85. The quantitative estimate of drug-likeness (QED) is 0.682. The molecule has 0 aliphatic rings. The van der Waals surface area contributed by atoms with Crippen LogP contribution < -0.4 is 4.74 Å². The lowest BCUT2D eigenvalue weighted by Gasteiger charge is -2.04. The van der Waals surface area contributed by atoms with Gasteiger partial charge in [0.1, 0.15) is 5.75 Å². The van der Waals surface area contributed by atoms with Crippen LogP contribution in [0.15, 0.2) is 59.5 Å². The molecule has 70 valence electrons. The molecule has 0 amide bonds. The third-order valence-electron chi connectivity index (χ3n) is 1.86. The van der Waals surface area contributed by atoms with Crippen molar-refractivity contribution in [2.24, 2.45) is 0 Å². The van der Waals surface area contributed by atoms with E-state index < -0.39 is 0 Å². The van der Waals surface area contributed by atoms with Crippen molar-refractivity contribution < 1.29 is 4.74 Å². The maximum absolute atomic E-state index is 5.66. The summed E-state index contributed by atoms with van der Waals surface area (Å²) in [6.07, 6.45) is 0. The summed E-state index contributed by atoms with van der Waals surface area (Å²) < 4.78 is 5.66. The fourth-order valence-electron chi connectivity index (χ4n) is 1.17. The monoisotopic (exact) mass is 203 g/mol. The SMILES string of the molecule is [SH2+]c1ccccc1Oc1ccccc1. The summed E-state index contributed by atoms with van der Waals surface area (Å²) in [4.78, 5) is 0.955. The van der Waals surface area contributed by atoms with E-state index in [1.165, 1.54) is 0 Å². The zero-order chi connectivity index (χ0) is 9.80. The van der Waals surface area contributed by atoms with Gasteiger partial charge in [0, 0.05) is 0 Å². The molecule has 2 aromatic carbocycles. The van der Waals surface area contributed by atoms with E-state index in [0.717, 1.165) is 16.4 Å². The maximum atomic E-state index is 5.66. The highest BCUT2D eigenvalue weighted by atomic mass is 32.1. The minimum absolute atomic E-state index is 0.829. The number of rotatable bonds is 2. The summed E-state index contributed by atoms with van der Waals surface area (Å²) in [7, 11) is 0. The molecule has 0 saturated heterocycles. The van der Waals surface area contributed by atoms with E-state index in [-0.39, 0.29) is 0 Å². The Morgan fingerprint density at radius 1 is 0.786 bits per heavy atom. The highest BCUT2D eigenvalue weighted by Gasteiger charge is 2.03. The minimum atomic E-state index is 0.829. The van der Waals surface area contributed by atoms with Gasteiger partial charge in [0.15, 0.2) is 10.6 Å². The first-order valence-corrected chi connectivity index (χ1v) is 4.90. The molecular weight excluding hydrogens is 192 g/mol. The van der Waals surface area contributed by atoms with Crippen molar-refractivity contribution >= 4 is 12.6 Å². The summed E-state index contributed by atoms with van der Waals surface area (Å²) >= 11 is 3.48. The van der Waals surface area contributed by atoms with Crippen molar-refractivity contribution in [3.8, 4) is 11.5 Å². The van der Waals surface area contributed by atoms with Crippen molar-refractivity contribution in [2.75, 3.05) is 0 Å². The van der Waals surface area contributed by atoms with Gasteiger partial charge in [0.2, 0.25) is 0 Å². The first-order valence-electron chi connectivity index (χ1n) is 4.40. The van der Waals surface area contributed by atoms with Gasteiger partial charge in [-0.25, -0.2) is 0 Å². The van der Waals surface area contributed by atoms with Gasteiger partial charge in [-0.15, -0.1) is 0 Å². The molecule has 2 rings (SSSR count). The van der Waals surface area contributed by atoms with Crippen LogP contribution >= 0.6 is 0 Å². The van der Waals surface area contributed by atoms with Gasteiger partial charge in [0.25, 0.3) is 0 Å². The van der Waals surface area contributed by atoms with Gasteiger partial charge in [-0.1, -0.05) is 30.3 Å². The van der Waals surface area contributed by atoms with Gasteiger partial charge in [-0.05, 0) is 36.9 Å². The van der Waals surface area contributed by atoms with Crippen LogP contribution in [-0.2, 0) is 12.6 Å². The molecular formula is C12H11OS+. The number of ether oxygens (including phenoxy) is 1. The summed E-state index contributed by atoms with van der Waals surface area (Å²) in [6, 6.07) is 17.5. The summed E-state index contributed by atoms with van der Waals surface area (Å²) in [5.74, 6) is 1.67. The number of benzene rings is 2. The summed E-state index contributed by atoms with van der Waals surface area (Å²) in [6.45, 7) is 0. The van der Waals surface area contributed by atoms with E-state index in [9.17, 15) is 0 Å². The van der Waals surface area contributed by atoms with Crippen molar-refractivity contribution in [3.63, 3.8) is 0 Å². The zero-order valence-corrected chi connectivity index (χ0v) is 8.60. The minimum Gasteiger partial charge on any atom is -0.452 e. The molecule has 0 heterocycles. The van der Waals surface area contributed by atoms with Crippen LogP contribution in [0.2, 0.25) is 0 Å². The van der Waals surface area contributed by atoms with Crippen LogP contribution in [-0.4, -0.2) is 0 Å². The number of hydrogen-bond donors (Lipinski definition) is 0. The van der Waals surface area contributed by atoms with Crippen molar-refractivity contribution in [2.45, 2.75) is 4.90 Å². The molecule has 14 heavy (non-hydrogen) atoms. The number of para-hydroxylation sites is 2. The van der Waals surface area contributed by atoms with E-state index in [4.69, 9.17) is 4.74 Å². The molecule has 0 saturated carbocycles. The Hall–Kier alpha value is -1.41. The largest absolute Gasteiger partial charge is 0.452 e. The third-order valence-corrected chi connectivity index (χ3v) is 2.27. The Balaban J connectivity index is 2.24. The highest BCUT2D eigenvalue weighted by Crippen LogP contribution is 2.24. The molecule has 0 aliphatic carbocycles. The van der Waals surface area contributed by atoms with Gasteiger partial charge in [-0.2, -0.15) is 0 Å². The molecule has 0 atom stereocenters. The highest BCUT2D eigenvalue weighted by molar-refractivity contribution is 7.58.